The van der Waals surface area contributed by atoms with Gasteiger partial charge in [-0.3, -0.25) is 4.79 Å². The highest BCUT2D eigenvalue weighted by atomic mass is 16.2. The Hall–Kier alpha value is -2.36. The van der Waals surface area contributed by atoms with Gasteiger partial charge in [0.25, 0.3) is 0 Å². The quantitative estimate of drug-likeness (QED) is 0.665. The van der Waals surface area contributed by atoms with Crippen molar-refractivity contribution in [1.29, 1.82) is 0 Å². The summed E-state index contributed by atoms with van der Waals surface area (Å²) < 4.78 is 2.22. The first-order valence-electron chi connectivity index (χ1n) is 7.14. The summed E-state index contributed by atoms with van der Waals surface area (Å²) in [5.74, 6) is -0.109. The number of carbonyl (C=O) groups excluding carboxylic acids is 1. The first-order valence-corrected chi connectivity index (χ1v) is 7.14. The summed E-state index contributed by atoms with van der Waals surface area (Å²) in [6, 6.07) is 11.7. The SMILES string of the molecule is CCn1c(C)cc(/C=N\NC(=O)Cc2ccccc2)c1C. The summed E-state index contributed by atoms with van der Waals surface area (Å²) >= 11 is 0. The first kappa shape index (κ1) is 15.0. The third-order valence-corrected chi connectivity index (χ3v) is 3.53. The zero-order valence-electron chi connectivity index (χ0n) is 12.8. The summed E-state index contributed by atoms with van der Waals surface area (Å²) in [6.45, 7) is 7.18. The van der Waals surface area contributed by atoms with Gasteiger partial charge in [-0.15, -0.1) is 0 Å². The zero-order chi connectivity index (χ0) is 15.2. The van der Waals surface area contributed by atoms with E-state index in [0.29, 0.717) is 6.42 Å². The molecule has 0 spiro atoms. The van der Waals surface area contributed by atoms with Crippen molar-refractivity contribution in [3.8, 4) is 0 Å². The van der Waals surface area contributed by atoms with Crippen molar-refractivity contribution >= 4 is 12.1 Å². The molecule has 4 nitrogen and oxygen atoms in total. The second-order valence-corrected chi connectivity index (χ2v) is 5.03. The minimum atomic E-state index is -0.109. The highest BCUT2D eigenvalue weighted by molar-refractivity contribution is 5.84. The molecule has 1 amide bonds. The predicted octanol–water partition coefficient (Wildman–Crippen LogP) is 2.82. The highest BCUT2D eigenvalue weighted by Gasteiger charge is 2.06. The van der Waals surface area contributed by atoms with Gasteiger partial charge in [-0.25, -0.2) is 5.43 Å². The van der Waals surface area contributed by atoms with Crippen LogP contribution in [-0.2, 0) is 17.8 Å². The highest BCUT2D eigenvalue weighted by Crippen LogP contribution is 2.12. The van der Waals surface area contributed by atoms with Crippen LogP contribution in [0.1, 0.15) is 29.4 Å². The smallest absolute Gasteiger partial charge is 0.244 e. The van der Waals surface area contributed by atoms with Crippen LogP contribution in [0.2, 0.25) is 0 Å². The van der Waals surface area contributed by atoms with Gasteiger partial charge in [-0.05, 0) is 32.4 Å². The van der Waals surface area contributed by atoms with Gasteiger partial charge in [0.1, 0.15) is 0 Å². The van der Waals surface area contributed by atoms with Crippen molar-refractivity contribution in [2.24, 2.45) is 5.10 Å². The number of hydrogen-bond acceptors (Lipinski definition) is 2. The van der Waals surface area contributed by atoms with Crippen LogP contribution in [0.25, 0.3) is 0 Å². The van der Waals surface area contributed by atoms with Gasteiger partial charge >= 0.3 is 0 Å². The molecule has 2 rings (SSSR count). The van der Waals surface area contributed by atoms with E-state index < -0.39 is 0 Å². The van der Waals surface area contributed by atoms with Crippen LogP contribution in [-0.4, -0.2) is 16.7 Å². The van der Waals surface area contributed by atoms with Crippen LogP contribution in [0.4, 0.5) is 0 Å². The fraction of sp³-hybridized carbons (Fsp3) is 0.294. The van der Waals surface area contributed by atoms with Gasteiger partial charge in [-0.1, -0.05) is 30.3 Å². The molecule has 4 heteroatoms. The molecule has 0 aliphatic rings. The number of carbonyl (C=O) groups is 1. The minimum absolute atomic E-state index is 0.109. The Morgan fingerprint density at radius 3 is 2.62 bits per heavy atom. The van der Waals surface area contributed by atoms with Crippen molar-refractivity contribution in [3.05, 3.63) is 58.9 Å². The van der Waals surface area contributed by atoms with E-state index in [1.54, 1.807) is 6.21 Å². The van der Waals surface area contributed by atoms with Crippen LogP contribution >= 0.6 is 0 Å². The summed E-state index contributed by atoms with van der Waals surface area (Å²) in [5.41, 5.74) is 6.96. The van der Waals surface area contributed by atoms with Crippen LogP contribution in [0, 0.1) is 13.8 Å². The molecule has 0 bridgehead atoms. The minimum Gasteiger partial charge on any atom is -0.349 e. The molecular weight excluding hydrogens is 262 g/mol. The molecule has 2 aromatic rings. The molecule has 0 unspecified atom stereocenters. The molecule has 0 aliphatic carbocycles. The molecule has 1 aromatic carbocycles. The van der Waals surface area contributed by atoms with Crippen molar-refractivity contribution < 1.29 is 4.79 Å². The van der Waals surface area contributed by atoms with E-state index in [1.165, 1.54) is 5.69 Å². The van der Waals surface area contributed by atoms with E-state index in [1.807, 2.05) is 30.3 Å². The topological polar surface area (TPSA) is 46.4 Å². The Labute approximate surface area is 125 Å². The maximum atomic E-state index is 11.8. The van der Waals surface area contributed by atoms with Gasteiger partial charge in [0.2, 0.25) is 5.91 Å². The molecule has 0 fully saturated rings. The molecule has 21 heavy (non-hydrogen) atoms. The van der Waals surface area contributed by atoms with Crippen molar-refractivity contribution in [1.82, 2.24) is 9.99 Å². The number of rotatable bonds is 5. The number of aromatic nitrogens is 1. The maximum absolute atomic E-state index is 11.8. The third-order valence-electron chi connectivity index (χ3n) is 3.53. The maximum Gasteiger partial charge on any atom is 0.244 e. The van der Waals surface area contributed by atoms with Gasteiger partial charge in [-0.2, -0.15) is 5.10 Å². The average Bonchev–Trinajstić information content (AvgIpc) is 2.74. The van der Waals surface area contributed by atoms with Crippen LogP contribution in [0.15, 0.2) is 41.5 Å². The second-order valence-electron chi connectivity index (χ2n) is 5.03. The molecule has 1 N–H and O–H groups in total. The van der Waals surface area contributed by atoms with Crippen LogP contribution in [0.3, 0.4) is 0 Å². The van der Waals surface area contributed by atoms with Crippen LogP contribution < -0.4 is 5.43 Å². The van der Waals surface area contributed by atoms with E-state index in [4.69, 9.17) is 0 Å². The lowest BCUT2D eigenvalue weighted by Crippen LogP contribution is -2.19. The van der Waals surface area contributed by atoms with E-state index in [2.05, 4.69) is 41.9 Å². The first-order chi connectivity index (χ1) is 10.1. The summed E-state index contributed by atoms with van der Waals surface area (Å²) in [7, 11) is 0. The summed E-state index contributed by atoms with van der Waals surface area (Å²) in [6.07, 6.45) is 2.05. The number of nitrogens with one attached hydrogen (secondary N) is 1. The number of aryl methyl sites for hydroxylation is 1. The predicted molar refractivity (Wildman–Crippen MR) is 85.5 cm³/mol. The summed E-state index contributed by atoms with van der Waals surface area (Å²) in [5, 5.41) is 4.05. The Bertz CT molecular complexity index is 642. The molecule has 0 radical (unpaired) electrons. The molecular formula is C17H21N3O. The Balaban J connectivity index is 1.95. The lowest BCUT2D eigenvalue weighted by atomic mass is 10.1. The average molecular weight is 283 g/mol. The molecule has 1 aromatic heterocycles. The van der Waals surface area contributed by atoms with Crippen molar-refractivity contribution in [2.45, 2.75) is 33.7 Å². The Morgan fingerprint density at radius 1 is 1.29 bits per heavy atom. The van der Waals surface area contributed by atoms with Crippen molar-refractivity contribution in [2.75, 3.05) is 0 Å². The Morgan fingerprint density at radius 2 is 2.00 bits per heavy atom. The third kappa shape index (κ3) is 3.81. The van der Waals surface area contributed by atoms with Gasteiger partial charge in [0, 0.05) is 23.5 Å². The number of benzene rings is 1. The van der Waals surface area contributed by atoms with Crippen molar-refractivity contribution in [3.63, 3.8) is 0 Å². The number of hydrogen-bond donors (Lipinski definition) is 1. The van der Waals surface area contributed by atoms with E-state index in [9.17, 15) is 4.79 Å². The zero-order valence-corrected chi connectivity index (χ0v) is 12.8. The van der Waals surface area contributed by atoms with E-state index in [0.717, 1.165) is 23.4 Å². The summed E-state index contributed by atoms with van der Waals surface area (Å²) in [4.78, 5) is 11.8. The molecule has 0 atom stereocenters. The fourth-order valence-corrected chi connectivity index (χ4v) is 2.44. The van der Waals surface area contributed by atoms with Crippen LogP contribution in [0.5, 0.6) is 0 Å². The molecule has 0 aliphatic heterocycles. The standard InChI is InChI=1S/C17H21N3O/c1-4-20-13(2)10-16(14(20)3)12-18-19-17(21)11-15-8-6-5-7-9-15/h5-10,12H,4,11H2,1-3H3,(H,19,21)/b18-12-. The number of nitrogens with zero attached hydrogens (tertiary/aromatic N) is 2. The largest absolute Gasteiger partial charge is 0.349 e. The van der Waals surface area contributed by atoms with E-state index in [-0.39, 0.29) is 5.91 Å². The Kier molecular flexibility index (Phi) is 4.93. The lowest BCUT2D eigenvalue weighted by molar-refractivity contribution is -0.120. The monoisotopic (exact) mass is 283 g/mol. The molecule has 0 saturated carbocycles. The van der Waals surface area contributed by atoms with Gasteiger partial charge in [0.15, 0.2) is 0 Å². The fourth-order valence-electron chi connectivity index (χ4n) is 2.44. The molecule has 110 valence electrons. The van der Waals surface area contributed by atoms with Gasteiger partial charge < -0.3 is 4.57 Å². The molecule has 0 saturated heterocycles. The lowest BCUT2D eigenvalue weighted by Gasteiger charge is -2.04. The normalized spacial score (nSPS) is 11.0. The van der Waals surface area contributed by atoms with Gasteiger partial charge in [0.05, 0.1) is 12.6 Å². The number of hydrazone groups is 1. The number of amides is 1. The second kappa shape index (κ2) is 6.88. The van der Waals surface area contributed by atoms with E-state index >= 15 is 0 Å². The molecule has 1 heterocycles.